The van der Waals surface area contributed by atoms with E-state index in [1.54, 1.807) is 0 Å². The molecular weight excluding hydrogens is 274 g/mol. The van der Waals surface area contributed by atoms with E-state index >= 15 is 0 Å². The van der Waals surface area contributed by atoms with Crippen molar-refractivity contribution in [3.05, 3.63) is 28.2 Å². The van der Waals surface area contributed by atoms with Crippen LogP contribution < -0.4 is 5.32 Å². The summed E-state index contributed by atoms with van der Waals surface area (Å²) >= 11 is 3.61. The molecule has 0 saturated heterocycles. The molecule has 0 heterocycles. The van der Waals surface area contributed by atoms with Gasteiger partial charge in [-0.3, -0.25) is 0 Å². The number of aryl methyl sites for hydroxylation is 1. The maximum Gasteiger partial charge on any atom is 0.0484 e. The topological polar surface area (TPSA) is 12.0 Å². The Morgan fingerprint density at radius 3 is 2.71 bits per heavy atom. The first-order chi connectivity index (χ1) is 8.25. The summed E-state index contributed by atoms with van der Waals surface area (Å²) in [5, 5.41) is 3.54. The fraction of sp³-hybridized carbons (Fsp3) is 0.600. The predicted molar refractivity (Wildman–Crippen MR) is 78.6 cm³/mol. The second-order valence-electron chi connectivity index (χ2n) is 5.20. The fourth-order valence-corrected chi connectivity index (χ4v) is 3.28. The molecule has 1 aromatic rings. The van der Waals surface area contributed by atoms with E-state index in [0.717, 1.165) is 12.5 Å². The zero-order valence-electron chi connectivity index (χ0n) is 10.6. The van der Waals surface area contributed by atoms with Crippen LogP contribution in [0.15, 0.2) is 22.7 Å². The lowest BCUT2D eigenvalue weighted by Crippen LogP contribution is -2.12. The van der Waals surface area contributed by atoms with Crippen LogP contribution in [0.4, 0.5) is 5.69 Å². The molecule has 0 bridgehead atoms. The molecule has 0 radical (unpaired) electrons. The minimum Gasteiger partial charge on any atom is -0.384 e. The van der Waals surface area contributed by atoms with E-state index in [9.17, 15) is 0 Å². The number of benzene rings is 1. The van der Waals surface area contributed by atoms with Gasteiger partial charge in [0, 0.05) is 16.7 Å². The minimum atomic E-state index is 0.959. The molecular formula is C15H22BrN. The van der Waals surface area contributed by atoms with Crippen LogP contribution in [0.3, 0.4) is 0 Å². The van der Waals surface area contributed by atoms with Crippen LogP contribution in [0.25, 0.3) is 0 Å². The summed E-state index contributed by atoms with van der Waals surface area (Å²) in [6.07, 6.45) is 8.54. The number of hydrogen-bond donors (Lipinski definition) is 1. The third-order valence-corrected chi connectivity index (χ3v) is 4.37. The van der Waals surface area contributed by atoms with Crippen LogP contribution >= 0.6 is 15.9 Å². The molecule has 1 aromatic carbocycles. The van der Waals surface area contributed by atoms with Gasteiger partial charge in [0.2, 0.25) is 0 Å². The smallest absolute Gasteiger partial charge is 0.0484 e. The van der Waals surface area contributed by atoms with E-state index in [0.29, 0.717) is 0 Å². The summed E-state index contributed by atoms with van der Waals surface area (Å²) in [5.74, 6) is 0.959. The van der Waals surface area contributed by atoms with Gasteiger partial charge in [0.25, 0.3) is 0 Å². The first-order valence-electron chi connectivity index (χ1n) is 6.76. The molecule has 2 heteroatoms. The zero-order chi connectivity index (χ0) is 12.1. The SMILES string of the molecule is Cc1ccc(NCCC2CCCCC2)c(Br)c1. The van der Waals surface area contributed by atoms with Crippen molar-refractivity contribution in [2.75, 3.05) is 11.9 Å². The van der Waals surface area contributed by atoms with Gasteiger partial charge in [0.05, 0.1) is 0 Å². The highest BCUT2D eigenvalue weighted by Gasteiger charge is 2.12. The quantitative estimate of drug-likeness (QED) is 0.811. The van der Waals surface area contributed by atoms with E-state index in [4.69, 9.17) is 0 Å². The predicted octanol–water partition coefficient (Wildman–Crippen LogP) is 5.14. The van der Waals surface area contributed by atoms with Crippen molar-refractivity contribution in [1.82, 2.24) is 0 Å². The lowest BCUT2D eigenvalue weighted by Gasteiger charge is -2.21. The van der Waals surface area contributed by atoms with Gasteiger partial charge in [0.1, 0.15) is 0 Å². The molecule has 0 atom stereocenters. The molecule has 0 spiro atoms. The Labute approximate surface area is 113 Å². The van der Waals surface area contributed by atoms with Crippen LogP contribution in [-0.2, 0) is 0 Å². The largest absolute Gasteiger partial charge is 0.384 e. The van der Waals surface area contributed by atoms with Crippen LogP contribution in [0.5, 0.6) is 0 Å². The van der Waals surface area contributed by atoms with E-state index in [1.165, 1.54) is 54.2 Å². The minimum absolute atomic E-state index is 0.959. The van der Waals surface area contributed by atoms with Crippen molar-refractivity contribution < 1.29 is 0 Å². The van der Waals surface area contributed by atoms with Gasteiger partial charge in [-0.1, -0.05) is 38.2 Å². The van der Waals surface area contributed by atoms with Crippen molar-refractivity contribution >= 4 is 21.6 Å². The maximum absolute atomic E-state index is 3.61. The molecule has 0 amide bonds. The normalized spacial score (nSPS) is 17.1. The summed E-state index contributed by atoms with van der Waals surface area (Å²) in [4.78, 5) is 0. The number of anilines is 1. The molecule has 1 N–H and O–H groups in total. The third kappa shape index (κ3) is 4.02. The Hall–Kier alpha value is -0.500. The first kappa shape index (κ1) is 12.9. The molecule has 94 valence electrons. The molecule has 2 rings (SSSR count). The first-order valence-corrected chi connectivity index (χ1v) is 7.55. The molecule has 0 aliphatic heterocycles. The van der Waals surface area contributed by atoms with Gasteiger partial charge < -0.3 is 5.32 Å². The summed E-state index contributed by atoms with van der Waals surface area (Å²) in [7, 11) is 0. The van der Waals surface area contributed by atoms with Crippen molar-refractivity contribution in [3.63, 3.8) is 0 Å². The maximum atomic E-state index is 3.61. The molecule has 1 nitrogen and oxygen atoms in total. The van der Waals surface area contributed by atoms with E-state index in [-0.39, 0.29) is 0 Å². The van der Waals surface area contributed by atoms with Gasteiger partial charge >= 0.3 is 0 Å². The molecule has 0 aromatic heterocycles. The fourth-order valence-electron chi connectivity index (χ4n) is 2.65. The summed E-state index contributed by atoms with van der Waals surface area (Å²) in [6.45, 7) is 3.23. The van der Waals surface area contributed by atoms with Crippen LogP contribution in [0.1, 0.15) is 44.1 Å². The number of rotatable bonds is 4. The van der Waals surface area contributed by atoms with Gasteiger partial charge in [-0.2, -0.15) is 0 Å². The summed E-state index contributed by atoms with van der Waals surface area (Å²) in [6, 6.07) is 6.50. The molecule has 0 unspecified atom stereocenters. The Morgan fingerprint density at radius 1 is 1.24 bits per heavy atom. The van der Waals surface area contributed by atoms with E-state index in [1.807, 2.05) is 0 Å². The number of halogens is 1. The van der Waals surface area contributed by atoms with Crippen molar-refractivity contribution in [2.45, 2.75) is 45.4 Å². The second kappa shape index (κ2) is 6.44. The second-order valence-corrected chi connectivity index (χ2v) is 6.06. The van der Waals surface area contributed by atoms with Crippen LogP contribution in [0.2, 0.25) is 0 Å². The molecule has 1 fully saturated rings. The highest BCUT2D eigenvalue weighted by atomic mass is 79.9. The van der Waals surface area contributed by atoms with Gasteiger partial charge in [-0.05, 0) is 52.9 Å². The lowest BCUT2D eigenvalue weighted by molar-refractivity contribution is 0.345. The van der Waals surface area contributed by atoms with Gasteiger partial charge in [-0.15, -0.1) is 0 Å². The summed E-state index contributed by atoms with van der Waals surface area (Å²) in [5.41, 5.74) is 2.53. The zero-order valence-corrected chi connectivity index (χ0v) is 12.2. The standard InChI is InChI=1S/C15H22BrN/c1-12-7-8-15(14(16)11-12)17-10-9-13-5-3-2-4-6-13/h7-8,11,13,17H,2-6,9-10H2,1H3. The average Bonchev–Trinajstić information content (AvgIpc) is 2.33. The highest BCUT2D eigenvalue weighted by molar-refractivity contribution is 9.10. The van der Waals surface area contributed by atoms with Crippen LogP contribution in [0, 0.1) is 12.8 Å². The monoisotopic (exact) mass is 295 g/mol. The van der Waals surface area contributed by atoms with Gasteiger partial charge in [0.15, 0.2) is 0 Å². The van der Waals surface area contributed by atoms with Crippen molar-refractivity contribution in [3.8, 4) is 0 Å². The Balaban J connectivity index is 1.77. The van der Waals surface area contributed by atoms with Gasteiger partial charge in [-0.25, -0.2) is 0 Å². The molecule has 1 saturated carbocycles. The Morgan fingerprint density at radius 2 is 2.00 bits per heavy atom. The van der Waals surface area contributed by atoms with Crippen LogP contribution in [-0.4, -0.2) is 6.54 Å². The Kier molecular flexibility index (Phi) is 4.90. The molecule has 1 aliphatic carbocycles. The van der Waals surface area contributed by atoms with Crippen molar-refractivity contribution in [2.24, 2.45) is 5.92 Å². The third-order valence-electron chi connectivity index (χ3n) is 3.72. The number of nitrogens with one attached hydrogen (secondary N) is 1. The lowest BCUT2D eigenvalue weighted by atomic mass is 9.87. The summed E-state index contributed by atoms with van der Waals surface area (Å²) < 4.78 is 1.18. The highest BCUT2D eigenvalue weighted by Crippen LogP contribution is 2.27. The Bertz CT molecular complexity index is 356. The van der Waals surface area contributed by atoms with Crippen molar-refractivity contribution in [1.29, 1.82) is 0 Å². The molecule has 17 heavy (non-hydrogen) atoms. The molecule has 1 aliphatic rings. The van der Waals surface area contributed by atoms with E-state index < -0.39 is 0 Å². The number of hydrogen-bond acceptors (Lipinski definition) is 1. The van der Waals surface area contributed by atoms with E-state index in [2.05, 4.69) is 46.4 Å². The average molecular weight is 296 g/mol.